The van der Waals surface area contributed by atoms with Gasteiger partial charge in [0.15, 0.2) is 11.5 Å². The van der Waals surface area contributed by atoms with Gasteiger partial charge in [0, 0.05) is 0 Å². The van der Waals surface area contributed by atoms with Crippen molar-refractivity contribution in [2.45, 2.75) is 13.0 Å². The summed E-state index contributed by atoms with van der Waals surface area (Å²) in [7, 11) is 3.23. The molecule has 2 aromatic rings. The fourth-order valence-electron chi connectivity index (χ4n) is 2.08. The molecule has 0 atom stereocenters. The SMILES string of the molecule is COc1cccc(OC)c1OCc1ccc(CCN)cc1. The average Bonchev–Trinajstić information content (AvgIpc) is 2.54. The summed E-state index contributed by atoms with van der Waals surface area (Å²) in [6, 6.07) is 13.8. The number of hydrogen-bond donors (Lipinski definition) is 1. The summed E-state index contributed by atoms with van der Waals surface area (Å²) in [6.07, 6.45) is 0.890. The maximum atomic E-state index is 5.86. The van der Waals surface area contributed by atoms with Gasteiger partial charge < -0.3 is 19.9 Å². The van der Waals surface area contributed by atoms with Crippen LogP contribution >= 0.6 is 0 Å². The van der Waals surface area contributed by atoms with Crippen molar-refractivity contribution in [2.24, 2.45) is 5.73 Å². The molecule has 0 fully saturated rings. The van der Waals surface area contributed by atoms with Crippen molar-refractivity contribution in [2.75, 3.05) is 20.8 Å². The summed E-state index contributed by atoms with van der Waals surface area (Å²) < 4.78 is 16.5. The summed E-state index contributed by atoms with van der Waals surface area (Å²) >= 11 is 0. The van der Waals surface area contributed by atoms with E-state index in [2.05, 4.69) is 12.1 Å². The molecule has 4 heteroatoms. The fourth-order valence-corrected chi connectivity index (χ4v) is 2.08. The maximum Gasteiger partial charge on any atom is 0.203 e. The average molecular weight is 287 g/mol. The minimum absolute atomic E-state index is 0.458. The van der Waals surface area contributed by atoms with E-state index in [0.29, 0.717) is 30.4 Å². The zero-order valence-electron chi connectivity index (χ0n) is 12.5. The van der Waals surface area contributed by atoms with Crippen LogP contribution in [0.5, 0.6) is 17.2 Å². The first kappa shape index (κ1) is 15.2. The second kappa shape index (κ2) is 7.55. The molecule has 0 spiro atoms. The van der Waals surface area contributed by atoms with E-state index >= 15 is 0 Å². The third-order valence-electron chi connectivity index (χ3n) is 3.22. The minimum Gasteiger partial charge on any atom is -0.493 e. The fraction of sp³-hybridized carbons (Fsp3) is 0.294. The van der Waals surface area contributed by atoms with Gasteiger partial charge in [-0.15, -0.1) is 0 Å². The highest BCUT2D eigenvalue weighted by atomic mass is 16.5. The molecule has 2 aromatic carbocycles. The Bertz CT molecular complexity index is 544. The minimum atomic E-state index is 0.458. The molecule has 0 unspecified atom stereocenters. The van der Waals surface area contributed by atoms with Crippen LogP contribution in [-0.4, -0.2) is 20.8 Å². The van der Waals surface area contributed by atoms with Gasteiger partial charge in [0.2, 0.25) is 5.75 Å². The number of rotatable bonds is 7. The van der Waals surface area contributed by atoms with Crippen LogP contribution in [0.15, 0.2) is 42.5 Å². The number of nitrogens with two attached hydrogens (primary N) is 1. The van der Waals surface area contributed by atoms with Crippen molar-refractivity contribution >= 4 is 0 Å². The molecule has 0 aliphatic rings. The summed E-state index contributed by atoms with van der Waals surface area (Å²) in [5, 5.41) is 0. The second-order valence-electron chi connectivity index (χ2n) is 4.64. The Kier molecular flexibility index (Phi) is 5.46. The van der Waals surface area contributed by atoms with Gasteiger partial charge in [0.05, 0.1) is 14.2 Å². The Balaban J connectivity index is 2.08. The Morgan fingerprint density at radius 1 is 0.857 bits per heavy atom. The molecule has 21 heavy (non-hydrogen) atoms. The first-order valence-electron chi connectivity index (χ1n) is 6.90. The van der Waals surface area contributed by atoms with Gasteiger partial charge >= 0.3 is 0 Å². The standard InChI is InChI=1S/C17H21NO3/c1-19-15-4-3-5-16(20-2)17(15)21-12-14-8-6-13(7-9-14)10-11-18/h3-9H,10-12,18H2,1-2H3. The number of hydrogen-bond acceptors (Lipinski definition) is 4. The normalized spacial score (nSPS) is 10.2. The molecular formula is C17H21NO3. The van der Waals surface area contributed by atoms with E-state index in [1.54, 1.807) is 14.2 Å². The van der Waals surface area contributed by atoms with Crippen LogP contribution in [0.25, 0.3) is 0 Å². The second-order valence-corrected chi connectivity index (χ2v) is 4.64. The summed E-state index contributed by atoms with van der Waals surface area (Å²) in [5.74, 6) is 1.94. The van der Waals surface area contributed by atoms with Crippen molar-refractivity contribution in [1.29, 1.82) is 0 Å². The van der Waals surface area contributed by atoms with Crippen molar-refractivity contribution < 1.29 is 14.2 Å². The molecule has 0 bridgehead atoms. The number of methoxy groups -OCH3 is 2. The molecule has 0 aliphatic heterocycles. The maximum absolute atomic E-state index is 5.86. The number of benzene rings is 2. The van der Waals surface area contributed by atoms with Gasteiger partial charge in [-0.3, -0.25) is 0 Å². The largest absolute Gasteiger partial charge is 0.493 e. The van der Waals surface area contributed by atoms with Gasteiger partial charge in [-0.25, -0.2) is 0 Å². The Labute approximate surface area is 125 Å². The van der Waals surface area contributed by atoms with Crippen LogP contribution in [0.2, 0.25) is 0 Å². The van der Waals surface area contributed by atoms with Crippen molar-refractivity contribution in [3.8, 4) is 17.2 Å². The lowest BCUT2D eigenvalue weighted by Gasteiger charge is -2.14. The zero-order chi connectivity index (χ0) is 15.1. The van der Waals surface area contributed by atoms with Crippen LogP contribution in [0, 0.1) is 0 Å². The molecule has 0 aliphatic carbocycles. The Hall–Kier alpha value is -2.20. The highest BCUT2D eigenvalue weighted by Gasteiger charge is 2.11. The molecule has 2 N–H and O–H groups in total. The summed E-state index contributed by atoms with van der Waals surface area (Å²) in [6.45, 7) is 1.12. The lowest BCUT2D eigenvalue weighted by molar-refractivity contribution is 0.266. The van der Waals surface area contributed by atoms with Crippen LogP contribution in [0.3, 0.4) is 0 Å². The Morgan fingerprint density at radius 3 is 1.95 bits per heavy atom. The molecule has 0 saturated carbocycles. The zero-order valence-corrected chi connectivity index (χ0v) is 12.5. The van der Waals surface area contributed by atoms with E-state index in [4.69, 9.17) is 19.9 Å². The van der Waals surface area contributed by atoms with E-state index in [9.17, 15) is 0 Å². The van der Waals surface area contributed by atoms with E-state index in [1.807, 2.05) is 30.3 Å². The summed E-state index contributed by atoms with van der Waals surface area (Å²) in [4.78, 5) is 0. The topological polar surface area (TPSA) is 53.7 Å². The van der Waals surface area contributed by atoms with Gasteiger partial charge in [0.25, 0.3) is 0 Å². The molecule has 2 rings (SSSR count). The predicted octanol–water partition coefficient (Wildman–Crippen LogP) is 2.78. The molecule has 0 radical (unpaired) electrons. The van der Waals surface area contributed by atoms with Crippen LogP contribution in [0.1, 0.15) is 11.1 Å². The van der Waals surface area contributed by atoms with Crippen LogP contribution in [0.4, 0.5) is 0 Å². The smallest absolute Gasteiger partial charge is 0.203 e. The molecule has 0 amide bonds. The van der Waals surface area contributed by atoms with Crippen LogP contribution < -0.4 is 19.9 Å². The quantitative estimate of drug-likeness (QED) is 0.851. The molecule has 4 nitrogen and oxygen atoms in total. The van der Waals surface area contributed by atoms with Crippen molar-refractivity contribution in [1.82, 2.24) is 0 Å². The molecule has 112 valence electrons. The van der Waals surface area contributed by atoms with Gasteiger partial charge in [-0.1, -0.05) is 30.3 Å². The highest BCUT2D eigenvalue weighted by Crippen LogP contribution is 2.37. The first-order valence-corrected chi connectivity index (χ1v) is 6.90. The lowest BCUT2D eigenvalue weighted by Crippen LogP contribution is -2.03. The molecule has 0 aromatic heterocycles. The molecule has 0 heterocycles. The third kappa shape index (κ3) is 3.89. The predicted molar refractivity (Wildman–Crippen MR) is 83.1 cm³/mol. The van der Waals surface area contributed by atoms with E-state index < -0.39 is 0 Å². The Morgan fingerprint density at radius 2 is 1.43 bits per heavy atom. The van der Waals surface area contributed by atoms with E-state index in [0.717, 1.165) is 12.0 Å². The van der Waals surface area contributed by atoms with E-state index in [1.165, 1.54) is 5.56 Å². The third-order valence-corrected chi connectivity index (χ3v) is 3.22. The number of para-hydroxylation sites is 1. The lowest BCUT2D eigenvalue weighted by atomic mass is 10.1. The van der Waals surface area contributed by atoms with Crippen molar-refractivity contribution in [3.63, 3.8) is 0 Å². The summed E-state index contributed by atoms with van der Waals surface area (Å²) in [5.41, 5.74) is 7.86. The first-order chi connectivity index (χ1) is 10.3. The van der Waals surface area contributed by atoms with Crippen LogP contribution in [-0.2, 0) is 13.0 Å². The number of ether oxygens (including phenoxy) is 3. The van der Waals surface area contributed by atoms with Gasteiger partial charge in [-0.05, 0) is 36.2 Å². The molecular weight excluding hydrogens is 266 g/mol. The van der Waals surface area contributed by atoms with Crippen molar-refractivity contribution in [3.05, 3.63) is 53.6 Å². The van der Waals surface area contributed by atoms with E-state index in [-0.39, 0.29) is 0 Å². The van der Waals surface area contributed by atoms with Gasteiger partial charge in [-0.2, -0.15) is 0 Å². The molecule has 0 saturated heterocycles. The van der Waals surface area contributed by atoms with Gasteiger partial charge in [0.1, 0.15) is 6.61 Å². The highest BCUT2D eigenvalue weighted by molar-refractivity contribution is 5.51. The monoisotopic (exact) mass is 287 g/mol.